The quantitative estimate of drug-likeness (QED) is 0.760. The molecule has 0 aliphatic rings. The van der Waals surface area contributed by atoms with E-state index in [1.807, 2.05) is 0 Å². The summed E-state index contributed by atoms with van der Waals surface area (Å²) in [5, 5.41) is 8.70. The molecule has 1 aromatic rings. The molecule has 0 aliphatic heterocycles. The molecule has 1 N–H and O–H groups in total. The third kappa shape index (κ3) is 1.78. The van der Waals surface area contributed by atoms with Gasteiger partial charge in [0.2, 0.25) is 0 Å². The molecule has 3 nitrogen and oxygen atoms in total. The SMILES string of the molecule is C[Se](=O)c1ccccc1C(=O)O. The molecular formula is C8H8O3Se. The first-order chi connectivity index (χ1) is 5.63. The van der Waals surface area contributed by atoms with E-state index in [-0.39, 0.29) is 5.56 Å². The summed E-state index contributed by atoms with van der Waals surface area (Å²) >= 11 is -2.13. The van der Waals surface area contributed by atoms with Crippen molar-refractivity contribution in [1.82, 2.24) is 0 Å². The molecule has 64 valence electrons. The van der Waals surface area contributed by atoms with Crippen LogP contribution in [0.3, 0.4) is 0 Å². The molecule has 4 heteroatoms. The molecular weight excluding hydrogens is 223 g/mol. The number of carboxylic acid groups (broad SMARTS) is 1. The molecule has 0 fully saturated rings. The maximum atomic E-state index is 11.1. The molecule has 0 heterocycles. The van der Waals surface area contributed by atoms with Gasteiger partial charge in [0.05, 0.1) is 0 Å². The summed E-state index contributed by atoms with van der Waals surface area (Å²) in [7, 11) is 0. The molecule has 0 saturated carbocycles. The Hall–Kier alpha value is -0.991. The van der Waals surface area contributed by atoms with Crippen molar-refractivity contribution in [2.75, 3.05) is 0 Å². The second-order valence-electron chi connectivity index (χ2n) is 2.26. The molecule has 0 amide bonds. The van der Waals surface area contributed by atoms with Gasteiger partial charge in [-0.3, -0.25) is 0 Å². The van der Waals surface area contributed by atoms with Crippen molar-refractivity contribution in [1.29, 1.82) is 0 Å². The van der Waals surface area contributed by atoms with Crippen LogP contribution in [0.2, 0.25) is 5.82 Å². The minimum absolute atomic E-state index is 0.153. The van der Waals surface area contributed by atoms with Gasteiger partial charge in [-0.2, -0.15) is 0 Å². The van der Waals surface area contributed by atoms with Crippen LogP contribution in [0.5, 0.6) is 0 Å². The number of hydrogen-bond acceptors (Lipinski definition) is 2. The summed E-state index contributed by atoms with van der Waals surface area (Å²) in [5.41, 5.74) is 0.153. The van der Waals surface area contributed by atoms with E-state index in [0.29, 0.717) is 4.46 Å². The van der Waals surface area contributed by atoms with Gasteiger partial charge in [-0.15, -0.1) is 0 Å². The molecule has 0 spiro atoms. The van der Waals surface area contributed by atoms with Crippen LogP contribution in [0.15, 0.2) is 24.3 Å². The predicted octanol–water partition coefficient (Wildman–Crippen LogP) is 0.644. The summed E-state index contributed by atoms with van der Waals surface area (Å²) in [4.78, 5) is 10.6. The molecule has 1 atom stereocenters. The number of benzene rings is 1. The van der Waals surface area contributed by atoms with E-state index >= 15 is 0 Å². The summed E-state index contributed by atoms with van der Waals surface area (Å²) in [6.07, 6.45) is 0. The number of rotatable bonds is 2. The molecule has 1 rings (SSSR count). The third-order valence-corrected chi connectivity index (χ3v) is 3.47. The monoisotopic (exact) mass is 232 g/mol. The van der Waals surface area contributed by atoms with Crippen LogP contribution in [0.4, 0.5) is 0 Å². The van der Waals surface area contributed by atoms with Crippen molar-refractivity contribution in [2.45, 2.75) is 5.82 Å². The van der Waals surface area contributed by atoms with Crippen LogP contribution in [-0.4, -0.2) is 24.9 Å². The summed E-state index contributed by atoms with van der Waals surface area (Å²) in [6.45, 7) is 0. The molecule has 12 heavy (non-hydrogen) atoms. The maximum absolute atomic E-state index is 11.1. The Balaban J connectivity index is 3.27. The Morgan fingerprint density at radius 1 is 1.42 bits per heavy atom. The van der Waals surface area contributed by atoms with E-state index in [4.69, 9.17) is 5.11 Å². The molecule has 1 unspecified atom stereocenters. The Morgan fingerprint density at radius 2 is 2.00 bits per heavy atom. The molecule has 0 aliphatic carbocycles. The van der Waals surface area contributed by atoms with Gasteiger partial charge < -0.3 is 0 Å². The van der Waals surface area contributed by atoms with Gasteiger partial charge in [0.25, 0.3) is 0 Å². The molecule has 0 aromatic heterocycles. The normalized spacial score (nSPS) is 12.4. The molecule has 0 radical (unpaired) electrons. The van der Waals surface area contributed by atoms with Crippen LogP contribution in [-0.2, 0) is 3.83 Å². The Bertz CT molecular complexity index is 300. The standard InChI is InChI=1S/C8H8O3Se/c1-12(11)7-5-3-2-4-6(7)8(9)10/h2-5H,1H3,(H,9,10). The van der Waals surface area contributed by atoms with E-state index < -0.39 is 19.8 Å². The van der Waals surface area contributed by atoms with Gasteiger partial charge in [0.1, 0.15) is 0 Å². The average Bonchev–Trinajstić information content (AvgIpc) is 2.04. The van der Waals surface area contributed by atoms with E-state index in [9.17, 15) is 8.63 Å². The second-order valence-corrected chi connectivity index (χ2v) is 5.08. The number of carbonyl (C=O) groups is 1. The number of carboxylic acids is 1. The Labute approximate surface area is 74.1 Å². The van der Waals surface area contributed by atoms with Gasteiger partial charge in [0, 0.05) is 0 Å². The van der Waals surface area contributed by atoms with E-state index in [1.165, 1.54) is 6.07 Å². The third-order valence-electron chi connectivity index (χ3n) is 1.43. The summed E-state index contributed by atoms with van der Waals surface area (Å²) in [6, 6.07) is 6.39. The Morgan fingerprint density at radius 3 is 2.42 bits per heavy atom. The van der Waals surface area contributed by atoms with Crippen molar-refractivity contribution in [3.8, 4) is 0 Å². The van der Waals surface area contributed by atoms with Crippen LogP contribution in [0.1, 0.15) is 10.4 Å². The van der Waals surface area contributed by atoms with Crippen molar-refractivity contribution in [3.63, 3.8) is 0 Å². The van der Waals surface area contributed by atoms with Crippen LogP contribution in [0.25, 0.3) is 0 Å². The van der Waals surface area contributed by atoms with E-state index in [2.05, 4.69) is 0 Å². The fourth-order valence-electron chi connectivity index (χ4n) is 0.894. The van der Waals surface area contributed by atoms with Crippen LogP contribution < -0.4 is 4.46 Å². The molecule has 0 bridgehead atoms. The Kier molecular flexibility index (Phi) is 2.73. The zero-order valence-electron chi connectivity index (χ0n) is 6.48. The fourth-order valence-corrected chi connectivity index (χ4v) is 2.44. The van der Waals surface area contributed by atoms with Crippen LogP contribution >= 0.6 is 0 Å². The zero-order valence-corrected chi connectivity index (χ0v) is 8.19. The van der Waals surface area contributed by atoms with Crippen molar-refractivity contribution in [3.05, 3.63) is 29.8 Å². The second kappa shape index (κ2) is 3.61. The molecule has 1 aromatic carbocycles. The average molecular weight is 231 g/mol. The van der Waals surface area contributed by atoms with Crippen molar-refractivity contribution in [2.24, 2.45) is 0 Å². The summed E-state index contributed by atoms with van der Waals surface area (Å²) in [5.74, 6) is 0.541. The summed E-state index contributed by atoms with van der Waals surface area (Å²) < 4.78 is 11.6. The number of aromatic carboxylic acids is 1. The first kappa shape index (κ1) is 9.10. The van der Waals surface area contributed by atoms with E-state index in [1.54, 1.807) is 24.0 Å². The molecule has 0 saturated heterocycles. The first-order valence-electron chi connectivity index (χ1n) is 3.28. The van der Waals surface area contributed by atoms with Gasteiger partial charge >= 0.3 is 73.7 Å². The first-order valence-corrected chi connectivity index (χ1v) is 6.55. The number of hydrogen-bond donors (Lipinski definition) is 1. The minimum atomic E-state index is -2.13. The van der Waals surface area contributed by atoms with Gasteiger partial charge in [-0.05, 0) is 0 Å². The fraction of sp³-hybridized carbons (Fsp3) is 0.125. The predicted molar refractivity (Wildman–Crippen MR) is 45.3 cm³/mol. The zero-order chi connectivity index (χ0) is 9.14. The van der Waals surface area contributed by atoms with Crippen molar-refractivity contribution < 1.29 is 13.7 Å². The van der Waals surface area contributed by atoms with E-state index in [0.717, 1.165) is 0 Å². The van der Waals surface area contributed by atoms with Gasteiger partial charge in [-0.1, -0.05) is 0 Å². The van der Waals surface area contributed by atoms with Crippen LogP contribution in [0, 0.1) is 0 Å². The van der Waals surface area contributed by atoms with Crippen molar-refractivity contribution >= 4 is 24.3 Å². The van der Waals surface area contributed by atoms with Gasteiger partial charge in [0.15, 0.2) is 0 Å². The van der Waals surface area contributed by atoms with Gasteiger partial charge in [-0.25, -0.2) is 0 Å². The topological polar surface area (TPSA) is 54.4 Å².